The van der Waals surface area contributed by atoms with E-state index in [9.17, 15) is 4.79 Å². The van der Waals surface area contributed by atoms with Gasteiger partial charge in [-0.3, -0.25) is 4.90 Å². The third-order valence-corrected chi connectivity index (χ3v) is 6.65. The Balaban J connectivity index is 1.16. The van der Waals surface area contributed by atoms with Gasteiger partial charge in [0.05, 0.1) is 23.8 Å². The maximum Gasteiger partial charge on any atom is 0.423 e. The maximum atomic E-state index is 11.0. The summed E-state index contributed by atoms with van der Waals surface area (Å²) >= 11 is 1.46. The Morgan fingerprint density at radius 3 is 3.00 bits per heavy atom. The minimum atomic E-state index is -0.753. The molecule has 158 valence electrons. The van der Waals surface area contributed by atoms with Gasteiger partial charge in [0.2, 0.25) is 0 Å². The van der Waals surface area contributed by atoms with Crippen LogP contribution in [-0.2, 0) is 11.4 Å². The van der Waals surface area contributed by atoms with Gasteiger partial charge in [0, 0.05) is 30.2 Å². The van der Waals surface area contributed by atoms with Gasteiger partial charge in [-0.2, -0.15) is 4.98 Å². The number of amides is 1. The number of fused-ring (bicyclic) bond motifs is 4. The summed E-state index contributed by atoms with van der Waals surface area (Å²) in [6.07, 6.45) is 1.93. The molecule has 9 nitrogen and oxygen atoms in total. The van der Waals surface area contributed by atoms with Gasteiger partial charge in [-0.1, -0.05) is 11.3 Å². The van der Waals surface area contributed by atoms with Gasteiger partial charge in [0.25, 0.3) is 5.19 Å². The van der Waals surface area contributed by atoms with Crippen LogP contribution in [0.3, 0.4) is 0 Å². The Bertz CT molecular complexity index is 1250. The average Bonchev–Trinajstić information content (AvgIpc) is 3.49. The number of nitrogens with two attached hydrogens (primary N) is 1. The van der Waals surface area contributed by atoms with Crippen LogP contribution in [0, 0.1) is 0 Å². The van der Waals surface area contributed by atoms with Crippen LogP contribution >= 0.6 is 11.3 Å². The van der Waals surface area contributed by atoms with Gasteiger partial charge in [0.15, 0.2) is 5.65 Å². The van der Waals surface area contributed by atoms with E-state index in [1.807, 2.05) is 30.3 Å². The van der Waals surface area contributed by atoms with Gasteiger partial charge in [0.1, 0.15) is 17.1 Å². The fourth-order valence-corrected chi connectivity index (χ4v) is 5.23. The van der Waals surface area contributed by atoms with E-state index in [1.165, 1.54) is 11.3 Å². The van der Waals surface area contributed by atoms with Crippen molar-refractivity contribution in [3.63, 3.8) is 0 Å². The van der Waals surface area contributed by atoms with E-state index in [4.69, 9.17) is 19.7 Å². The Morgan fingerprint density at radius 2 is 2.19 bits per heavy atom. The first kappa shape index (κ1) is 18.6. The lowest BCUT2D eigenvalue weighted by atomic mass is 10.2. The average molecular weight is 437 g/mol. The first-order valence-electron chi connectivity index (χ1n) is 10.0. The van der Waals surface area contributed by atoms with Crippen LogP contribution in [0.5, 0.6) is 10.9 Å². The summed E-state index contributed by atoms with van der Waals surface area (Å²) < 4.78 is 13.0. The molecule has 0 spiro atoms. The first-order chi connectivity index (χ1) is 15.1. The Hall–Kier alpha value is -3.21. The van der Waals surface area contributed by atoms with Crippen molar-refractivity contribution in [2.75, 3.05) is 13.1 Å². The highest BCUT2D eigenvalue weighted by Crippen LogP contribution is 2.35. The van der Waals surface area contributed by atoms with Crippen molar-refractivity contribution < 1.29 is 18.8 Å². The van der Waals surface area contributed by atoms with Crippen molar-refractivity contribution in [1.82, 2.24) is 19.9 Å². The van der Waals surface area contributed by atoms with Gasteiger partial charge in [-0.05, 0) is 36.8 Å². The molecule has 6 rings (SSSR count). The molecule has 2 aliphatic heterocycles. The standard InChI is InChI=1S/C21H19N5O4S/c22-20(27)30-26-10-13-7-14(26)9-25(13)11-16-6-12-3-4-15(8-17(12)28-16)29-21-24-19-18(31-21)2-1-5-23-19/h1-6,8,13-14H,7,9-11H2,(H2,22,27)/t13-,14-/m0/s1. The molecule has 5 heterocycles. The number of benzene rings is 1. The second-order valence-electron chi connectivity index (χ2n) is 7.80. The minimum Gasteiger partial charge on any atom is -0.460 e. The molecule has 0 radical (unpaired) electrons. The summed E-state index contributed by atoms with van der Waals surface area (Å²) in [7, 11) is 0. The molecule has 0 saturated carbocycles. The zero-order valence-electron chi connectivity index (χ0n) is 16.4. The van der Waals surface area contributed by atoms with Crippen LogP contribution in [-0.4, -0.2) is 51.2 Å². The number of pyridine rings is 1. The second kappa shape index (κ2) is 7.19. The highest BCUT2D eigenvalue weighted by molar-refractivity contribution is 7.20. The monoisotopic (exact) mass is 437 g/mol. The zero-order chi connectivity index (χ0) is 20.9. The fraction of sp³-hybridized carbons (Fsp3) is 0.286. The number of aromatic nitrogens is 2. The van der Waals surface area contributed by atoms with Crippen LogP contribution in [0.1, 0.15) is 12.2 Å². The van der Waals surface area contributed by atoms with Crippen LogP contribution < -0.4 is 10.5 Å². The first-order valence-corrected chi connectivity index (χ1v) is 10.8. The van der Waals surface area contributed by atoms with Gasteiger partial charge >= 0.3 is 6.09 Å². The molecular weight excluding hydrogens is 418 g/mol. The number of likely N-dealkylation sites (tertiary alicyclic amines) is 1. The molecule has 4 aromatic rings. The number of hydrogen-bond donors (Lipinski definition) is 1. The number of furan rings is 1. The molecule has 1 amide bonds. The molecule has 1 aromatic carbocycles. The molecule has 2 bridgehead atoms. The van der Waals surface area contributed by atoms with E-state index in [1.54, 1.807) is 11.3 Å². The summed E-state index contributed by atoms with van der Waals surface area (Å²) in [4.78, 5) is 27.1. The van der Waals surface area contributed by atoms with Crippen LogP contribution in [0.15, 0.2) is 47.0 Å². The van der Waals surface area contributed by atoms with E-state index in [-0.39, 0.29) is 6.04 Å². The van der Waals surface area contributed by atoms with E-state index < -0.39 is 6.09 Å². The van der Waals surface area contributed by atoms with Crippen molar-refractivity contribution in [2.24, 2.45) is 5.73 Å². The third-order valence-electron chi connectivity index (χ3n) is 5.76. The minimum absolute atomic E-state index is 0.185. The molecule has 2 aliphatic rings. The van der Waals surface area contributed by atoms with Crippen LogP contribution in [0.2, 0.25) is 0 Å². The lowest BCUT2D eigenvalue weighted by molar-refractivity contribution is -0.128. The number of carbonyl (C=O) groups is 1. The number of hydrogen-bond acceptors (Lipinski definition) is 9. The molecule has 2 saturated heterocycles. The smallest absolute Gasteiger partial charge is 0.423 e. The number of carbonyl (C=O) groups excluding carboxylic acids is 1. The predicted octanol–water partition coefficient (Wildman–Crippen LogP) is 3.50. The molecule has 2 atom stereocenters. The Morgan fingerprint density at radius 1 is 1.26 bits per heavy atom. The molecule has 10 heteroatoms. The van der Waals surface area contributed by atoms with Crippen molar-refractivity contribution >= 4 is 38.7 Å². The van der Waals surface area contributed by atoms with Crippen molar-refractivity contribution in [1.29, 1.82) is 0 Å². The van der Waals surface area contributed by atoms with Gasteiger partial charge in [-0.25, -0.2) is 9.78 Å². The van der Waals surface area contributed by atoms with Crippen LogP contribution in [0.4, 0.5) is 4.79 Å². The van der Waals surface area contributed by atoms with Crippen LogP contribution in [0.25, 0.3) is 21.3 Å². The molecule has 3 aromatic heterocycles. The molecule has 0 unspecified atom stereocenters. The number of primary amides is 1. The lowest BCUT2D eigenvalue weighted by Gasteiger charge is -2.31. The summed E-state index contributed by atoms with van der Waals surface area (Å²) in [5.74, 6) is 1.57. The van der Waals surface area contributed by atoms with E-state index >= 15 is 0 Å². The van der Waals surface area contributed by atoms with E-state index in [2.05, 4.69) is 20.9 Å². The quantitative estimate of drug-likeness (QED) is 0.506. The number of hydroxylamine groups is 2. The van der Waals surface area contributed by atoms with Crippen molar-refractivity contribution in [3.8, 4) is 10.9 Å². The van der Waals surface area contributed by atoms with E-state index in [0.717, 1.165) is 34.4 Å². The number of piperazine rings is 1. The lowest BCUT2D eigenvalue weighted by Crippen LogP contribution is -2.47. The van der Waals surface area contributed by atoms with Crippen molar-refractivity contribution in [2.45, 2.75) is 25.0 Å². The molecule has 2 fully saturated rings. The molecule has 31 heavy (non-hydrogen) atoms. The summed E-state index contributed by atoms with van der Waals surface area (Å²) in [5.41, 5.74) is 6.59. The van der Waals surface area contributed by atoms with Crippen molar-refractivity contribution in [3.05, 3.63) is 48.4 Å². The molecule has 0 aliphatic carbocycles. The number of rotatable bonds is 5. The fourth-order valence-electron chi connectivity index (χ4n) is 4.44. The van der Waals surface area contributed by atoms with Gasteiger partial charge in [-0.15, -0.1) is 5.06 Å². The molecular formula is C21H19N5O4S. The highest BCUT2D eigenvalue weighted by atomic mass is 32.1. The Kier molecular flexibility index (Phi) is 4.30. The normalized spacial score (nSPS) is 21.3. The summed E-state index contributed by atoms with van der Waals surface area (Å²) in [6, 6.07) is 12.2. The highest BCUT2D eigenvalue weighted by Gasteiger charge is 2.45. The zero-order valence-corrected chi connectivity index (χ0v) is 17.2. The Labute approximate surface area is 180 Å². The second-order valence-corrected chi connectivity index (χ2v) is 8.80. The largest absolute Gasteiger partial charge is 0.460 e. The predicted molar refractivity (Wildman–Crippen MR) is 114 cm³/mol. The third kappa shape index (κ3) is 3.48. The molecule has 2 N–H and O–H groups in total. The summed E-state index contributed by atoms with van der Waals surface area (Å²) in [6.45, 7) is 2.19. The number of ether oxygens (including phenoxy) is 1. The van der Waals surface area contributed by atoms with Gasteiger partial charge < -0.3 is 19.7 Å². The topological polar surface area (TPSA) is 107 Å². The SMILES string of the molecule is NC(=O)ON1C[C@@H]2C[C@H]1CN2Cc1cc2ccc(Oc3nc4ncccc4s3)cc2o1. The number of nitrogens with zero attached hydrogens (tertiary/aromatic N) is 4. The maximum absolute atomic E-state index is 11.0. The number of thiazole rings is 1. The summed E-state index contributed by atoms with van der Waals surface area (Å²) in [5, 5.41) is 3.27. The van der Waals surface area contributed by atoms with E-state index in [0.29, 0.717) is 35.7 Å².